The maximum atomic E-state index is 5.61. The number of ether oxygens (including phenoxy) is 1. The number of hydrogen-bond donors (Lipinski definition) is 2. The highest BCUT2D eigenvalue weighted by molar-refractivity contribution is 6.10. The monoisotopic (exact) mass is 322 g/mol. The first kappa shape index (κ1) is 16.1. The summed E-state index contributed by atoms with van der Waals surface area (Å²) in [5.41, 5.74) is 3.99. The summed E-state index contributed by atoms with van der Waals surface area (Å²) in [6.07, 6.45) is 7.76. The first-order valence-corrected chi connectivity index (χ1v) is 8.12. The summed E-state index contributed by atoms with van der Waals surface area (Å²) in [6, 6.07) is 4.52. The maximum Gasteiger partial charge on any atom is 0.323 e. The van der Waals surface area contributed by atoms with Crippen LogP contribution in [0.4, 0.5) is 5.69 Å². The third-order valence-electron chi connectivity index (χ3n) is 3.83. The smallest absolute Gasteiger partial charge is 0.323 e. The van der Waals surface area contributed by atoms with Crippen molar-refractivity contribution in [2.75, 3.05) is 12.4 Å². The van der Waals surface area contributed by atoms with E-state index in [1.165, 1.54) is 5.56 Å². The minimum Gasteiger partial charge on any atom is -0.425 e. The minimum absolute atomic E-state index is 0.294. The number of aryl methyl sites for hydroxylation is 1. The number of H-pyrrole nitrogens is 1. The van der Waals surface area contributed by atoms with Crippen LogP contribution in [0.15, 0.2) is 42.8 Å². The van der Waals surface area contributed by atoms with Crippen molar-refractivity contribution in [2.24, 2.45) is 0 Å². The van der Waals surface area contributed by atoms with E-state index in [0.717, 1.165) is 40.5 Å². The van der Waals surface area contributed by atoms with Gasteiger partial charge in [0.1, 0.15) is 11.4 Å². The van der Waals surface area contributed by atoms with Crippen LogP contribution in [0.25, 0.3) is 21.9 Å². The fraction of sp³-hybridized carbons (Fsp3) is 0.263. The molecule has 5 heteroatoms. The van der Waals surface area contributed by atoms with E-state index in [2.05, 4.69) is 52.8 Å². The Morgan fingerprint density at radius 3 is 2.96 bits per heavy atom. The molecule has 0 spiro atoms. The van der Waals surface area contributed by atoms with Crippen molar-refractivity contribution < 1.29 is 4.74 Å². The van der Waals surface area contributed by atoms with Gasteiger partial charge in [-0.05, 0) is 37.1 Å². The molecule has 0 aliphatic carbocycles. The van der Waals surface area contributed by atoms with E-state index >= 15 is 0 Å². The van der Waals surface area contributed by atoms with Gasteiger partial charge in [-0.3, -0.25) is 0 Å². The summed E-state index contributed by atoms with van der Waals surface area (Å²) >= 11 is 0. The second-order valence-electron chi connectivity index (χ2n) is 5.78. The largest absolute Gasteiger partial charge is 0.425 e. The molecule has 0 saturated heterocycles. The SMILES string of the molecule is C=C(C=CCCC)Oc1ncc2c(n1)[nH]c1c(NC)cc(C)cc12. The average Bonchev–Trinajstić information content (AvgIpc) is 2.92. The van der Waals surface area contributed by atoms with Crippen molar-refractivity contribution in [1.29, 1.82) is 0 Å². The topological polar surface area (TPSA) is 62.8 Å². The molecule has 24 heavy (non-hydrogen) atoms. The molecule has 0 amide bonds. The standard InChI is InChI=1S/C19H22N4O/c1-5-6-7-8-13(3)24-19-21-11-15-14-9-12(2)10-16(20-4)17(14)22-18(15)23-19/h7-11,20H,3,5-6H2,1-2,4H3,(H,21,22,23). The summed E-state index contributed by atoms with van der Waals surface area (Å²) in [5, 5.41) is 5.29. The third-order valence-corrected chi connectivity index (χ3v) is 3.83. The Morgan fingerprint density at radius 1 is 1.38 bits per heavy atom. The van der Waals surface area contributed by atoms with Crippen LogP contribution in [0.1, 0.15) is 25.3 Å². The number of anilines is 1. The minimum atomic E-state index is 0.294. The van der Waals surface area contributed by atoms with E-state index < -0.39 is 0 Å². The van der Waals surface area contributed by atoms with Crippen LogP contribution in [-0.4, -0.2) is 22.0 Å². The number of aromatic nitrogens is 3. The Kier molecular flexibility index (Phi) is 4.51. The van der Waals surface area contributed by atoms with Crippen LogP contribution >= 0.6 is 0 Å². The van der Waals surface area contributed by atoms with E-state index in [-0.39, 0.29) is 0 Å². The second-order valence-corrected chi connectivity index (χ2v) is 5.78. The highest BCUT2D eigenvalue weighted by Gasteiger charge is 2.11. The number of nitrogens with zero attached hydrogens (tertiary/aromatic N) is 2. The highest BCUT2D eigenvalue weighted by Crippen LogP contribution is 2.31. The van der Waals surface area contributed by atoms with Gasteiger partial charge in [0.2, 0.25) is 0 Å². The molecule has 0 unspecified atom stereocenters. The molecule has 0 radical (unpaired) electrons. The average molecular weight is 322 g/mol. The van der Waals surface area contributed by atoms with Crippen molar-refractivity contribution >= 4 is 27.6 Å². The van der Waals surface area contributed by atoms with E-state index in [1.807, 2.05) is 19.2 Å². The zero-order valence-corrected chi connectivity index (χ0v) is 14.3. The Morgan fingerprint density at radius 2 is 2.21 bits per heavy atom. The number of nitrogens with one attached hydrogen (secondary N) is 2. The molecular weight excluding hydrogens is 300 g/mol. The van der Waals surface area contributed by atoms with E-state index in [4.69, 9.17) is 4.74 Å². The lowest BCUT2D eigenvalue weighted by molar-refractivity contribution is 0.411. The van der Waals surface area contributed by atoms with Gasteiger partial charge in [-0.25, -0.2) is 4.98 Å². The van der Waals surface area contributed by atoms with Crippen LogP contribution in [-0.2, 0) is 0 Å². The molecule has 3 aromatic rings. The van der Waals surface area contributed by atoms with Crippen LogP contribution in [0, 0.1) is 6.92 Å². The molecule has 5 nitrogen and oxygen atoms in total. The van der Waals surface area contributed by atoms with Gasteiger partial charge in [-0.1, -0.05) is 26.0 Å². The molecule has 124 valence electrons. The highest BCUT2D eigenvalue weighted by atomic mass is 16.5. The molecule has 3 rings (SSSR count). The third kappa shape index (κ3) is 3.11. The normalized spacial score (nSPS) is 11.5. The zero-order valence-electron chi connectivity index (χ0n) is 14.3. The number of rotatable bonds is 6. The van der Waals surface area contributed by atoms with Gasteiger partial charge < -0.3 is 15.0 Å². The summed E-state index contributed by atoms with van der Waals surface area (Å²) in [4.78, 5) is 12.1. The molecule has 0 fully saturated rings. The molecule has 0 atom stereocenters. The summed E-state index contributed by atoms with van der Waals surface area (Å²) in [7, 11) is 1.91. The Labute approximate surface area is 141 Å². The van der Waals surface area contributed by atoms with Gasteiger partial charge in [-0.15, -0.1) is 0 Å². The van der Waals surface area contributed by atoms with Crippen molar-refractivity contribution in [3.8, 4) is 6.01 Å². The predicted molar refractivity (Wildman–Crippen MR) is 99.5 cm³/mol. The lowest BCUT2D eigenvalue weighted by Gasteiger charge is -2.03. The van der Waals surface area contributed by atoms with Gasteiger partial charge in [0, 0.05) is 24.0 Å². The number of unbranched alkanes of at least 4 members (excludes halogenated alkanes) is 1. The van der Waals surface area contributed by atoms with Crippen molar-refractivity contribution in [1.82, 2.24) is 15.0 Å². The van der Waals surface area contributed by atoms with Crippen molar-refractivity contribution in [3.05, 3.63) is 48.4 Å². The summed E-state index contributed by atoms with van der Waals surface area (Å²) in [6.45, 7) is 8.07. The first-order chi connectivity index (χ1) is 11.6. The fourth-order valence-corrected chi connectivity index (χ4v) is 2.69. The number of allylic oxidation sites excluding steroid dienone is 2. The number of hydrogen-bond acceptors (Lipinski definition) is 4. The lowest BCUT2D eigenvalue weighted by Crippen LogP contribution is -1.96. The van der Waals surface area contributed by atoms with Gasteiger partial charge in [0.25, 0.3) is 0 Å². The van der Waals surface area contributed by atoms with E-state index in [9.17, 15) is 0 Å². The van der Waals surface area contributed by atoms with Crippen LogP contribution in [0.2, 0.25) is 0 Å². The van der Waals surface area contributed by atoms with Crippen LogP contribution in [0.5, 0.6) is 6.01 Å². The number of benzene rings is 1. The summed E-state index contributed by atoms with van der Waals surface area (Å²) in [5.74, 6) is 0.533. The Balaban J connectivity index is 1.97. The van der Waals surface area contributed by atoms with Crippen LogP contribution in [0.3, 0.4) is 0 Å². The Bertz CT molecular complexity index is 924. The molecule has 0 bridgehead atoms. The van der Waals surface area contributed by atoms with Gasteiger partial charge >= 0.3 is 6.01 Å². The van der Waals surface area contributed by atoms with Crippen LogP contribution < -0.4 is 10.1 Å². The molecule has 0 aliphatic rings. The quantitative estimate of drug-likeness (QED) is 0.509. The zero-order chi connectivity index (χ0) is 17.1. The maximum absolute atomic E-state index is 5.61. The molecule has 0 aliphatic heterocycles. The van der Waals surface area contributed by atoms with Crippen molar-refractivity contribution in [2.45, 2.75) is 26.7 Å². The Hall–Kier alpha value is -2.82. The molecule has 2 aromatic heterocycles. The van der Waals surface area contributed by atoms with Gasteiger partial charge in [-0.2, -0.15) is 4.98 Å². The molecule has 2 N–H and O–H groups in total. The summed E-state index contributed by atoms with van der Waals surface area (Å²) < 4.78 is 5.61. The molecular formula is C19H22N4O. The van der Waals surface area contributed by atoms with E-state index in [0.29, 0.717) is 11.8 Å². The number of fused-ring (bicyclic) bond motifs is 3. The fourth-order valence-electron chi connectivity index (χ4n) is 2.69. The first-order valence-electron chi connectivity index (χ1n) is 8.12. The van der Waals surface area contributed by atoms with Gasteiger partial charge in [0.15, 0.2) is 0 Å². The number of aromatic amines is 1. The predicted octanol–water partition coefficient (Wildman–Crippen LogP) is 4.71. The second kappa shape index (κ2) is 6.74. The van der Waals surface area contributed by atoms with Gasteiger partial charge in [0.05, 0.1) is 11.2 Å². The van der Waals surface area contributed by atoms with Crippen molar-refractivity contribution in [3.63, 3.8) is 0 Å². The lowest BCUT2D eigenvalue weighted by atomic mass is 10.1. The molecule has 1 aromatic carbocycles. The molecule has 2 heterocycles. The van der Waals surface area contributed by atoms with E-state index in [1.54, 1.807) is 6.20 Å². The molecule has 0 saturated carbocycles.